The summed E-state index contributed by atoms with van der Waals surface area (Å²) in [5.74, 6) is 1.97. The minimum Gasteiger partial charge on any atom is -0.382 e. The molecule has 0 radical (unpaired) electrons. The minimum atomic E-state index is -0.407. The molecule has 4 aromatic carbocycles. The lowest BCUT2D eigenvalue weighted by Crippen LogP contribution is -2.36. The molecule has 62 heavy (non-hydrogen) atoms. The highest BCUT2D eigenvalue weighted by Gasteiger charge is 2.54. The number of allylic oxidation sites excluding steroid dienone is 13. The second kappa shape index (κ2) is 19.9. The van der Waals surface area contributed by atoms with Gasteiger partial charge in [0.1, 0.15) is 0 Å². The number of nitrogens with one attached hydrogen (secondary N) is 1. The maximum absolute atomic E-state index is 3.78. The molecule has 4 atom stereocenters. The number of anilines is 2. The van der Waals surface area contributed by atoms with E-state index < -0.39 is 5.41 Å². The zero-order valence-corrected chi connectivity index (χ0v) is 38.7. The predicted octanol–water partition coefficient (Wildman–Crippen LogP) is 16.0. The summed E-state index contributed by atoms with van der Waals surface area (Å²) in [6.45, 7) is 20.7. The number of hydrogen-bond acceptors (Lipinski definition) is 2. The first-order chi connectivity index (χ1) is 30.1. The summed E-state index contributed by atoms with van der Waals surface area (Å²) in [6.07, 6.45) is 37.0. The Hall–Kier alpha value is -5.86. The van der Waals surface area contributed by atoms with E-state index in [9.17, 15) is 0 Å². The maximum atomic E-state index is 3.78. The molecule has 4 unspecified atom stereocenters. The number of rotatable bonds is 12. The maximum Gasteiger partial charge on any atom is 0.0539 e. The van der Waals surface area contributed by atoms with Crippen molar-refractivity contribution >= 4 is 23.5 Å². The van der Waals surface area contributed by atoms with Crippen molar-refractivity contribution in [2.45, 2.75) is 86.5 Å². The zero-order valence-electron chi connectivity index (χ0n) is 38.7. The van der Waals surface area contributed by atoms with Gasteiger partial charge < -0.3 is 10.2 Å². The summed E-state index contributed by atoms with van der Waals surface area (Å²) in [5.41, 5.74) is 16.6. The van der Waals surface area contributed by atoms with Crippen LogP contribution in [0.25, 0.3) is 12.2 Å². The van der Waals surface area contributed by atoms with Gasteiger partial charge >= 0.3 is 0 Å². The summed E-state index contributed by atoms with van der Waals surface area (Å²) >= 11 is 0. The molecule has 0 bridgehead atoms. The van der Waals surface area contributed by atoms with E-state index in [1.165, 1.54) is 67.2 Å². The molecule has 2 heteroatoms. The van der Waals surface area contributed by atoms with Crippen LogP contribution >= 0.6 is 0 Å². The zero-order chi connectivity index (χ0) is 43.8. The highest BCUT2D eigenvalue weighted by molar-refractivity contribution is 5.84. The Kier molecular flexibility index (Phi) is 14.2. The van der Waals surface area contributed by atoms with E-state index in [1.54, 1.807) is 0 Å². The Morgan fingerprint density at radius 1 is 0.726 bits per heavy atom. The van der Waals surface area contributed by atoms with Gasteiger partial charge in [-0.3, -0.25) is 0 Å². The van der Waals surface area contributed by atoms with Crippen LogP contribution in [0.5, 0.6) is 0 Å². The third kappa shape index (κ3) is 8.89. The van der Waals surface area contributed by atoms with Gasteiger partial charge in [0, 0.05) is 41.1 Å². The molecule has 4 aliphatic carbocycles. The molecule has 0 aromatic heterocycles. The van der Waals surface area contributed by atoms with E-state index in [2.05, 4.69) is 249 Å². The normalized spacial score (nSPS) is 21.0. The van der Waals surface area contributed by atoms with Crippen LogP contribution in [0.1, 0.15) is 112 Å². The molecule has 0 fully saturated rings. The largest absolute Gasteiger partial charge is 0.382 e. The molecule has 0 saturated carbocycles. The summed E-state index contributed by atoms with van der Waals surface area (Å²) in [6, 6.07) is 31.9. The van der Waals surface area contributed by atoms with Gasteiger partial charge in [-0.05, 0) is 138 Å². The van der Waals surface area contributed by atoms with Crippen LogP contribution in [0.2, 0.25) is 0 Å². The van der Waals surface area contributed by atoms with Gasteiger partial charge in [-0.15, -0.1) is 0 Å². The van der Waals surface area contributed by atoms with Crippen LogP contribution in [0, 0.1) is 37.5 Å². The van der Waals surface area contributed by atoms with Crippen molar-refractivity contribution in [1.82, 2.24) is 0 Å². The number of nitrogens with zero attached hydrogens (tertiary/aromatic N) is 1. The van der Waals surface area contributed by atoms with E-state index in [0.29, 0.717) is 17.8 Å². The van der Waals surface area contributed by atoms with Gasteiger partial charge in [0.05, 0.1) is 5.41 Å². The Morgan fingerprint density at radius 3 is 2.08 bits per heavy atom. The van der Waals surface area contributed by atoms with Crippen molar-refractivity contribution in [2.24, 2.45) is 23.7 Å². The van der Waals surface area contributed by atoms with Crippen LogP contribution in [0.4, 0.5) is 11.4 Å². The smallest absolute Gasteiger partial charge is 0.0539 e. The van der Waals surface area contributed by atoms with Crippen molar-refractivity contribution < 1.29 is 0 Å². The molecule has 1 N–H and O–H groups in total. The Bertz CT molecular complexity index is 2490. The molecular formula is C60H68N2. The van der Waals surface area contributed by atoms with Gasteiger partial charge in [0.25, 0.3) is 0 Å². The lowest BCUT2D eigenvalue weighted by Gasteiger charge is -2.41. The molecule has 4 aliphatic rings. The van der Waals surface area contributed by atoms with E-state index >= 15 is 0 Å². The van der Waals surface area contributed by atoms with E-state index in [0.717, 1.165) is 25.1 Å². The quantitative estimate of drug-likeness (QED) is 0.143. The van der Waals surface area contributed by atoms with Crippen LogP contribution in [-0.2, 0) is 5.41 Å². The van der Waals surface area contributed by atoms with Crippen molar-refractivity contribution in [3.63, 3.8) is 0 Å². The molecule has 8 rings (SSSR count). The Balaban J connectivity index is 0.000000650. The fourth-order valence-corrected chi connectivity index (χ4v) is 9.81. The number of fused-ring (bicyclic) bond motifs is 9. The molecule has 0 heterocycles. The van der Waals surface area contributed by atoms with Gasteiger partial charge in [-0.1, -0.05) is 181 Å². The van der Waals surface area contributed by atoms with Crippen molar-refractivity contribution in [3.8, 4) is 0 Å². The van der Waals surface area contributed by atoms with Gasteiger partial charge in [-0.25, -0.2) is 0 Å². The molecule has 0 saturated heterocycles. The second-order valence-corrected chi connectivity index (χ2v) is 17.9. The van der Waals surface area contributed by atoms with E-state index in [4.69, 9.17) is 0 Å². The molecule has 0 aliphatic heterocycles. The third-order valence-corrected chi connectivity index (χ3v) is 13.3. The first-order valence-corrected chi connectivity index (χ1v) is 23.2. The average Bonchev–Trinajstić information content (AvgIpc) is 3.85. The average molecular weight is 817 g/mol. The molecular weight excluding hydrogens is 749 g/mol. The SMILES string of the molecule is C/C=C(\C=C/CNc1ccc2c(c1)C1(c3cc(N(C4=CC(C(C)C)C=C4)C(/C=C\CC)=C/CC)ccc3C=C2)c2ccccc2C2C=CC=CC21)C(C)C.Cc1ccccc1C. The van der Waals surface area contributed by atoms with Gasteiger partial charge in [-0.2, -0.15) is 0 Å². The van der Waals surface area contributed by atoms with Crippen molar-refractivity contribution in [1.29, 1.82) is 0 Å². The van der Waals surface area contributed by atoms with Crippen LogP contribution in [0.3, 0.4) is 0 Å². The lowest BCUT2D eigenvalue weighted by atomic mass is 9.61. The van der Waals surface area contributed by atoms with Crippen molar-refractivity contribution in [2.75, 3.05) is 16.8 Å². The summed E-state index contributed by atoms with van der Waals surface area (Å²) < 4.78 is 0. The Morgan fingerprint density at radius 2 is 1.42 bits per heavy atom. The highest BCUT2D eigenvalue weighted by atomic mass is 15.2. The monoisotopic (exact) mass is 817 g/mol. The summed E-state index contributed by atoms with van der Waals surface area (Å²) in [5, 5.41) is 3.78. The molecule has 318 valence electrons. The molecule has 2 nitrogen and oxygen atoms in total. The lowest BCUT2D eigenvalue weighted by molar-refractivity contribution is 0.456. The second-order valence-electron chi connectivity index (χ2n) is 17.9. The summed E-state index contributed by atoms with van der Waals surface area (Å²) in [4.78, 5) is 2.51. The fourth-order valence-electron chi connectivity index (χ4n) is 9.81. The molecule has 4 aromatic rings. The van der Waals surface area contributed by atoms with Gasteiger partial charge in [0.2, 0.25) is 0 Å². The van der Waals surface area contributed by atoms with Crippen LogP contribution in [-0.4, -0.2) is 6.54 Å². The standard InChI is InChI=1S/C52H58N2.C8H10/c1-8-11-19-43(17-9-2)54(44-31-28-41(33-44)37(6)7)45-30-27-40-25-24-39-26-29-42(53-32-16-18-38(10-3)36(4)5)34-50(39)52(51(40)35-45)48-22-14-12-20-46(48)47-21-13-15-23-49(47)52;1-7-5-3-4-6-8(7)2/h10-31,33-37,41,46,48,53H,8-9,32H2,1-7H3;3-6H,1-2H3/b18-16-,19-11-,38-10+,43-17+;. The first kappa shape index (κ1) is 44.2. The number of aryl methyl sites for hydroxylation is 2. The Labute approximate surface area is 374 Å². The van der Waals surface area contributed by atoms with Crippen LogP contribution in [0.15, 0.2) is 181 Å². The first-order valence-electron chi connectivity index (χ1n) is 23.2. The number of hydrogen-bond donors (Lipinski definition) is 1. The van der Waals surface area contributed by atoms with Crippen molar-refractivity contribution in [3.05, 3.63) is 225 Å². The molecule has 1 spiro atoms. The third-order valence-electron chi connectivity index (χ3n) is 13.3. The fraction of sp³-hybridized carbons (Fsp3) is 0.300. The van der Waals surface area contributed by atoms with Crippen LogP contribution < -0.4 is 10.2 Å². The predicted molar refractivity (Wildman–Crippen MR) is 271 cm³/mol. The topological polar surface area (TPSA) is 15.3 Å². The van der Waals surface area contributed by atoms with E-state index in [1.807, 2.05) is 0 Å². The highest BCUT2D eigenvalue weighted by Crippen LogP contribution is 2.62. The van der Waals surface area contributed by atoms with Gasteiger partial charge in [0.15, 0.2) is 0 Å². The minimum absolute atomic E-state index is 0.223. The molecule has 0 amide bonds. The summed E-state index contributed by atoms with van der Waals surface area (Å²) in [7, 11) is 0. The number of benzene rings is 4. The van der Waals surface area contributed by atoms with E-state index in [-0.39, 0.29) is 11.8 Å².